The van der Waals surface area contributed by atoms with Crippen molar-refractivity contribution in [3.05, 3.63) is 41.5 Å². The number of nitrogens with one attached hydrogen (secondary N) is 3. The van der Waals surface area contributed by atoms with Crippen LogP contribution in [0.4, 0.5) is 0 Å². The van der Waals surface area contributed by atoms with E-state index in [1.54, 1.807) is 24.3 Å². The molecular formula is C10H10ClN3O3. The molecule has 0 aromatic heterocycles. The summed E-state index contributed by atoms with van der Waals surface area (Å²) in [6.07, 6.45) is 2.66. The average molecular weight is 256 g/mol. The number of halogens is 1. The third kappa shape index (κ3) is 4.23. The molecule has 0 heterocycles. The highest BCUT2D eigenvalue weighted by Crippen LogP contribution is 2.06. The van der Waals surface area contributed by atoms with E-state index in [1.807, 2.05) is 4.94 Å². The van der Waals surface area contributed by atoms with Crippen LogP contribution in [-0.2, 0) is 4.79 Å². The van der Waals surface area contributed by atoms with Crippen molar-refractivity contribution in [3.8, 4) is 0 Å². The monoisotopic (exact) mass is 255 g/mol. The molecule has 0 atom stereocenters. The number of rotatable bonds is 4. The first kappa shape index (κ1) is 13.2. The summed E-state index contributed by atoms with van der Waals surface area (Å²) in [4.78, 5) is 24.0. The number of hydrogen-bond donors (Lipinski definition) is 4. The second-order valence-corrected chi connectivity index (χ2v) is 3.17. The predicted octanol–water partition coefficient (Wildman–Crippen LogP) is 0.593. The minimum absolute atomic E-state index is 0.372. The molecule has 1 aromatic rings. The van der Waals surface area contributed by atoms with Gasteiger partial charge in [0.2, 0.25) is 0 Å². The first-order valence-electron chi connectivity index (χ1n) is 4.55. The highest BCUT2D eigenvalue weighted by molar-refractivity contribution is 6.14. The number of carbonyl (C=O) groups excluding carboxylic acids is 2. The molecule has 1 aromatic carbocycles. The fourth-order valence-corrected chi connectivity index (χ4v) is 1.16. The number of carbonyl (C=O) groups is 2. The van der Waals surface area contributed by atoms with Gasteiger partial charge in [-0.3, -0.25) is 20.2 Å². The third-order valence-electron chi connectivity index (χ3n) is 1.87. The molecule has 0 bridgehead atoms. The molecule has 0 aliphatic rings. The van der Waals surface area contributed by atoms with E-state index in [4.69, 9.17) is 17.0 Å². The fourth-order valence-electron chi connectivity index (χ4n) is 1.07. The summed E-state index contributed by atoms with van der Waals surface area (Å²) < 4.78 is 0. The molecule has 17 heavy (non-hydrogen) atoms. The first-order chi connectivity index (χ1) is 8.17. The summed E-state index contributed by atoms with van der Waals surface area (Å²) in [6.45, 7) is 0. The highest BCUT2D eigenvalue weighted by Gasteiger charge is 2.02. The second kappa shape index (κ2) is 6.64. The van der Waals surface area contributed by atoms with Gasteiger partial charge in [0.25, 0.3) is 11.8 Å². The zero-order chi connectivity index (χ0) is 12.7. The zero-order valence-electron chi connectivity index (χ0n) is 8.61. The Morgan fingerprint density at radius 3 is 2.41 bits per heavy atom. The Morgan fingerprint density at radius 1 is 1.24 bits per heavy atom. The summed E-state index contributed by atoms with van der Waals surface area (Å²) in [5.41, 5.74) is 4.80. The van der Waals surface area contributed by atoms with E-state index < -0.39 is 5.91 Å². The number of hydrogen-bond acceptors (Lipinski definition) is 4. The lowest BCUT2D eigenvalue weighted by Crippen LogP contribution is -2.30. The molecule has 0 fully saturated rings. The van der Waals surface area contributed by atoms with E-state index in [0.717, 1.165) is 6.08 Å². The number of hydrazine groups is 1. The van der Waals surface area contributed by atoms with Gasteiger partial charge >= 0.3 is 0 Å². The van der Waals surface area contributed by atoms with Crippen molar-refractivity contribution < 1.29 is 14.8 Å². The van der Waals surface area contributed by atoms with Crippen LogP contribution in [0.3, 0.4) is 0 Å². The Hall–Kier alpha value is -1.89. The van der Waals surface area contributed by atoms with Crippen molar-refractivity contribution in [2.75, 3.05) is 0 Å². The van der Waals surface area contributed by atoms with Gasteiger partial charge in [0.1, 0.15) is 0 Å². The zero-order valence-corrected chi connectivity index (χ0v) is 9.36. The minimum atomic E-state index is -0.627. The summed E-state index contributed by atoms with van der Waals surface area (Å²) in [7, 11) is 0. The molecule has 0 spiro atoms. The first-order valence-corrected chi connectivity index (χ1v) is 4.93. The van der Waals surface area contributed by atoms with Crippen molar-refractivity contribution in [2.45, 2.75) is 0 Å². The lowest BCUT2D eigenvalue weighted by Gasteiger charge is -2.01. The van der Waals surface area contributed by atoms with Crippen LogP contribution >= 0.6 is 11.8 Å². The molecule has 0 aliphatic heterocycles. The average Bonchev–Trinajstić information content (AvgIpc) is 2.36. The van der Waals surface area contributed by atoms with Crippen LogP contribution in [0.15, 0.2) is 30.3 Å². The van der Waals surface area contributed by atoms with Crippen LogP contribution in [0.1, 0.15) is 15.9 Å². The molecular weight excluding hydrogens is 246 g/mol. The lowest BCUT2D eigenvalue weighted by atomic mass is 10.1. The molecule has 0 saturated carbocycles. The maximum absolute atomic E-state index is 11.3. The van der Waals surface area contributed by atoms with E-state index in [-0.39, 0.29) is 5.91 Å². The quantitative estimate of drug-likeness (QED) is 0.274. The smallest absolute Gasteiger partial charge is 0.267 e. The Bertz CT molecular complexity index is 431. The number of benzene rings is 1. The van der Waals surface area contributed by atoms with Crippen molar-refractivity contribution in [1.82, 2.24) is 15.9 Å². The van der Waals surface area contributed by atoms with Gasteiger partial charge in [-0.15, -0.1) is 4.94 Å². The molecule has 0 aliphatic carbocycles. The van der Waals surface area contributed by atoms with Crippen molar-refractivity contribution in [2.24, 2.45) is 0 Å². The van der Waals surface area contributed by atoms with Gasteiger partial charge in [0.15, 0.2) is 0 Å². The molecule has 6 nitrogen and oxygen atoms in total. The third-order valence-corrected chi connectivity index (χ3v) is 1.97. The van der Waals surface area contributed by atoms with Gasteiger partial charge in [-0.25, -0.2) is 5.48 Å². The lowest BCUT2D eigenvalue weighted by molar-refractivity contribution is -0.124. The van der Waals surface area contributed by atoms with E-state index in [1.165, 1.54) is 11.6 Å². The maximum atomic E-state index is 11.3. The van der Waals surface area contributed by atoms with Gasteiger partial charge in [-0.05, 0) is 35.5 Å². The SMILES string of the molecule is O=C(/C=C/c1ccc(C(=O)NNCl)cc1)NO. The largest absolute Gasteiger partial charge is 0.288 e. The number of amides is 2. The van der Waals surface area contributed by atoms with Crippen molar-refractivity contribution in [3.63, 3.8) is 0 Å². The maximum Gasteiger partial charge on any atom is 0.267 e. The Balaban J connectivity index is 2.71. The summed E-state index contributed by atoms with van der Waals surface area (Å²) in [5.74, 6) is -0.998. The van der Waals surface area contributed by atoms with Crippen molar-refractivity contribution >= 4 is 29.7 Å². The molecule has 90 valence electrons. The Labute approximate surface area is 102 Å². The standard InChI is InChI=1S/C10H10ClN3O3/c11-14-12-10(16)8-4-1-7(2-5-8)3-6-9(15)13-17/h1-6,14,17H,(H,12,16)(H,13,15)/b6-3+. The molecule has 1 rings (SSSR count). The van der Waals surface area contributed by atoms with Crippen LogP contribution in [0.2, 0.25) is 0 Å². The van der Waals surface area contributed by atoms with Gasteiger partial charge in [0.05, 0.1) is 0 Å². The normalized spacial score (nSPS) is 10.2. The van der Waals surface area contributed by atoms with Gasteiger partial charge < -0.3 is 0 Å². The minimum Gasteiger partial charge on any atom is -0.288 e. The van der Waals surface area contributed by atoms with E-state index in [9.17, 15) is 9.59 Å². The van der Waals surface area contributed by atoms with Crippen molar-refractivity contribution in [1.29, 1.82) is 0 Å². The fraction of sp³-hybridized carbons (Fsp3) is 0. The van der Waals surface area contributed by atoms with E-state index in [0.29, 0.717) is 11.1 Å². The molecule has 0 saturated heterocycles. The van der Waals surface area contributed by atoms with Crippen LogP contribution in [0.5, 0.6) is 0 Å². The highest BCUT2D eigenvalue weighted by atomic mass is 35.5. The second-order valence-electron chi connectivity index (χ2n) is 2.98. The topological polar surface area (TPSA) is 90.5 Å². The van der Waals surface area contributed by atoms with Gasteiger partial charge in [-0.1, -0.05) is 12.1 Å². The van der Waals surface area contributed by atoms with Crippen LogP contribution in [0, 0.1) is 0 Å². The van der Waals surface area contributed by atoms with Gasteiger partial charge in [-0.2, -0.15) is 0 Å². The number of hydroxylamine groups is 1. The van der Waals surface area contributed by atoms with E-state index >= 15 is 0 Å². The Kier molecular flexibility index (Phi) is 5.15. The molecule has 4 N–H and O–H groups in total. The summed E-state index contributed by atoms with van der Waals surface area (Å²) in [5, 5.41) is 8.27. The summed E-state index contributed by atoms with van der Waals surface area (Å²) >= 11 is 5.12. The van der Waals surface area contributed by atoms with Gasteiger partial charge in [0, 0.05) is 11.6 Å². The van der Waals surface area contributed by atoms with Crippen LogP contribution < -0.4 is 15.9 Å². The molecule has 7 heteroatoms. The molecule has 0 unspecified atom stereocenters. The molecule has 2 amide bonds. The molecule has 0 radical (unpaired) electrons. The predicted molar refractivity (Wildman–Crippen MR) is 61.9 cm³/mol. The summed E-state index contributed by atoms with van der Waals surface area (Å²) in [6, 6.07) is 6.43. The Morgan fingerprint density at radius 2 is 1.88 bits per heavy atom. The van der Waals surface area contributed by atoms with E-state index in [2.05, 4.69) is 5.43 Å². The van der Waals surface area contributed by atoms with Crippen LogP contribution in [-0.4, -0.2) is 17.0 Å². The van der Waals surface area contributed by atoms with Crippen LogP contribution in [0.25, 0.3) is 6.08 Å².